The number of nitrogens with zero attached hydrogens (tertiary/aromatic N) is 5. The Morgan fingerprint density at radius 3 is 2.78 bits per heavy atom. The molecule has 1 aliphatic heterocycles. The summed E-state index contributed by atoms with van der Waals surface area (Å²) in [5, 5.41) is 22.0. The number of aliphatic hydroxyl groups excluding tert-OH is 1. The van der Waals surface area contributed by atoms with Crippen LogP contribution in [0.5, 0.6) is 0 Å². The minimum atomic E-state index is -0.136. The molecule has 1 saturated heterocycles. The van der Waals surface area contributed by atoms with E-state index < -0.39 is 0 Å². The Kier molecular flexibility index (Phi) is 5.10. The average Bonchev–Trinajstić information content (AvgIpc) is 3.48. The molecule has 1 fully saturated rings. The fourth-order valence-corrected chi connectivity index (χ4v) is 4.45. The summed E-state index contributed by atoms with van der Waals surface area (Å²) in [6.45, 7) is 0.934. The minimum Gasteiger partial charge on any atom is -0.394 e. The fraction of sp³-hybridized carbons (Fsp3) is 0.304. The Hall–Kier alpha value is -3.72. The van der Waals surface area contributed by atoms with E-state index in [0.29, 0.717) is 41.3 Å². The molecule has 0 spiro atoms. The molecule has 1 amide bonds. The molecule has 2 aromatic heterocycles. The second kappa shape index (κ2) is 8.08. The van der Waals surface area contributed by atoms with E-state index in [4.69, 9.17) is 0 Å². The van der Waals surface area contributed by atoms with Gasteiger partial charge >= 0.3 is 0 Å². The minimum absolute atomic E-state index is 0.0289. The SMILES string of the molecule is Cn1c(=O)c2ccccc2n2c(CNc3ccccc3C(=O)N3CCCC3CO)nnc12. The third-order valence-corrected chi connectivity index (χ3v) is 6.14. The summed E-state index contributed by atoms with van der Waals surface area (Å²) >= 11 is 0. The predicted octanol–water partition coefficient (Wildman–Crippen LogP) is 1.79. The fourth-order valence-electron chi connectivity index (χ4n) is 4.45. The zero-order valence-corrected chi connectivity index (χ0v) is 17.7. The molecule has 0 saturated carbocycles. The summed E-state index contributed by atoms with van der Waals surface area (Å²) in [7, 11) is 1.68. The number of aryl methyl sites for hydroxylation is 1. The van der Waals surface area contributed by atoms with Gasteiger partial charge in [-0.25, -0.2) is 0 Å². The predicted molar refractivity (Wildman–Crippen MR) is 121 cm³/mol. The number of para-hydroxylation sites is 2. The number of fused-ring (bicyclic) bond motifs is 3. The van der Waals surface area contributed by atoms with Crippen molar-refractivity contribution in [3.05, 3.63) is 70.3 Å². The molecule has 164 valence electrons. The third-order valence-electron chi connectivity index (χ3n) is 6.14. The first-order valence-corrected chi connectivity index (χ1v) is 10.7. The first kappa shape index (κ1) is 20.2. The quantitative estimate of drug-likeness (QED) is 0.498. The van der Waals surface area contributed by atoms with Crippen molar-refractivity contribution in [2.24, 2.45) is 7.05 Å². The topological polar surface area (TPSA) is 105 Å². The number of aromatic nitrogens is 4. The molecule has 3 heterocycles. The molecule has 32 heavy (non-hydrogen) atoms. The number of benzene rings is 2. The highest BCUT2D eigenvalue weighted by atomic mass is 16.3. The van der Waals surface area contributed by atoms with Crippen molar-refractivity contribution in [3.63, 3.8) is 0 Å². The van der Waals surface area contributed by atoms with Crippen LogP contribution in [-0.4, -0.2) is 54.3 Å². The largest absolute Gasteiger partial charge is 0.394 e. The highest BCUT2D eigenvalue weighted by Crippen LogP contribution is 2.24. The van der Waals surface area contributed by atoms with Gasteiger partial charge in [0.2, 0.25) is 5.78 Å². The molecular formula is C23H24N6O3. The van der Waals surface area contributed by atoms with Crippen molar-refractivity contribution in [3.8, 4) is 0 Å². The zero-order valence-electron chi connectivity index (χ0n) is 17.7. The highest BCUT2D eigenvalue weighted by molar-refractivity contribution is 6.00. The molecule has 1 aliphatic rings. The van der Waals surface area contributed by atoms with Gasteiger partial charge in [0, 0.05) is 19.3 Å². The molecule has 1 unspecified atom stereocenters. The van der Waals surface area contributed by atoms with Crippen LogP contribution in [0.15, 0.2) is 53.3 Å². The van der Waals surface area contributed by atoms with E-state index in [9.17, 15) is 14.7 Å². The average molecular weight is 432 g/mol. The van der Waals surface area contributed by atoms with Gasteiger partial charge in [0.1, 0.15) is 0 Å². The van der Waals surface area contributed by atoms with Crippen molar-refractivity contribution in [2.75, 3.05) is 18.5 Å². The van der Waals surface area contributed by atoms with Crippen LogP contribution < -0.4 is 10.9 Å². The maximum Gasteiger partial charge on any atom is 0.262 e. The number of aliphatic hydroxyl groups is 1. The lowest BCUT2D eigenvalue weighted by Gasteiger charge is -2.24. The van der Waals surface area contributed by atoms with Crippen molar-refractivity contribution >= 4 is 28.3 Å². The number of nitrogens with one attached hydrogen (secondary N) is 1. The third kappa shape index (κ3) is 3.21. The van der Waals surface area contributed by atoms with Crippen LogP contribution in [0.25, 0.3) is 16.7 Å². The second-order valence-corrected chi connectivity index (χ2v) is 8.01. The smallest absolute Gasteiger partial charge is 0.262 e. The molecule has 1 atom stereocenters. The molecule has 2 aromatic carbocycles. The Morgan fingerprint density at radius 2 is 1.94 bits per heavy atom. The lowest BCUT2D eigenvalue weighted by molar-refractivity contribution is 0.0678. The van der Waals surface area contributed by atoms with E-state index in [1.165, 1.54) is 4.57 Å². The van der Waals surface area contributed by atoms with Crippen LogP contribution in [0.3, 0.4) is 0 Å². The normalized spacial score (nSPS) is 16.2. The standard InChI is InChI=1S/C23H24N6O3/c1-27-21(31)17-9-3-5-11-19(17)29-20(25-26-23(27)29)13-24-18-10-4-2-8-16(18)22(32)28-12-6-7-15(28)14-30/h2-5,8-11,15,24,30H,6-7,12-14H2,1H3. The van der Waals surface area contributed by atoms with E-state index in [0.717, 1.165) is 18.4 Å². The first-order chi connectivity index (χ1) is 15.6. The number of hydrogen-bond acceptors (Lipinski definition) is 6. The summed E-state index contributed by atoms with van der Waals surface area (Å²) in [6, 6.07) is 14.6. The van der Waals surface area contributed by atoms with E-state index >= 15 is 0 Å². The number of hydrogen-bond donors (Lipinski definition) is 2. The summed E-state index contributed by atoms with van der Waals surface area (Å²) < 4.78 is 3.34. The van der Waals surface area contributed by atoms with Crippen molar-refractivity contribution < 1.29 is 9.90 Å². The van der Waals surface area contributed by atoms with Crippen molar-refractivity contribution in [2.45, 2.75) is 25.4 Å². The van der Waals surface area contributed by atoms with E-state index in [1.54, 1.807) is 24.1 Å². The molecule has 4 aromatic rings. The van der Waals surface area contributed by atoms with Crippen LogP contribution in [-0.2, 0) is 13.6 Å². The summed E-state index contributed by atoms with van der Waals surface area (Å²) in [5.41, 5.74) is 1.85. The number of rotatable bonds is 5. The van der Waals surface area contributed by atoms with Crippen LogP contribution in [0, 0.1) is 0 Å². The maximum atomic E-state index is 13.2. The number of carbonyl (C=O) groups excluding carboxylic acids is 1. The van der Waals surface area contributed by atoms with Crippen LogP contribution in [0.4, 0.5) is 5.69 Å². The van der Waals surface area contributed by atoms with E-state index in [2.05, 4.69) is 15.5 Å². The Labute approximate surface area is 183 Å². The van der Waals surface area contributed by atoms with Gasteiger partial charge in [0.25, 0.3) is 11.5 Å². The molecular weight excluding hydrogens is 408 g/mol. The van der Waals surface area contributed by atoms with Crippen LogP contribution in [0.2, 0.25) is 0 Å². The lowest BCUT2D eigenvalue weighted by Crippen LogP contribution is -2.37. The molecule has 5 rings (SSSR count). The van der Waals surface area contributed by atoms with Gasteiger partial charge in [-0.15, -0.1) is 10.2 Å². The van der Waals surface area contributed by atoms with Crippen LogP contribution in [0.1, 0.15) is 29.0 Å². The van der Waals surface area contributed by atoms with E-state index in [-0.39, 0.29) is 24.1 Å². The summed E-state index contributed by atoms with van der Waals surface area (Å²) in [4.78, 5) is 27.6. The van der Waals surface area contributed by atoms with Gasteiger partial charge in [-0.05, 0) is 37.1 Å². The zero-order chi connectivity index (χ0) is 22.2. The van der Waals surface area contributed by atoms with Gasteiger partial charge in [0.05, 0.1) is 35.7 Å². The number of anilines is 1. The molecule has 0 bridgehead atoms. The van der Waals surface area contributed by atoms with Gasteiger partial charge in [-0.3, -0.25) is 18.6 Å². The number of likely N-dealkylation sites (tertiary alicyclic amines) is 1. The Bertz CT molecular complexity index is 1380. The monoisotopic (exact) mass is 432 g/mol. The van der Waals surface area contributed by atoms with E-state index in [1.807, 2.05) is 40.8 Å². The molecule has 9 nitrogen and oxygen atoms in total. The van der Waals surface area contributed by atoms with Crippen LogP contribution >= 0.6 is 0 Å². The van der Waals surface area contributed by atoms with Gasteiger partial charge in [0.15, 0.2) is 5.82 Å². The molecule has 0 aliphatic carbocycles. The van der Waals surface area contributed by atoms with Gasteiger partial charge in [-0.1, -0.05) is 24.3 Å². The summed E-state index contributed by atoms with van der Waals surface area (Å²) in [5.74, 6) is 0.991. The summed E-state index contributed by atoms with van der Waals surface area (Å²) in [6.07, 6.45) is 1.71. The van der Waals surface area contributed by atoms with Gasteiger partial charge in [-0.2, -0.15) is 0 Å². The Morgan fingerprint density at radius 1 is 1.16 bits per heavy atom. The molecule has 0 radical (unpaired) electrons. The molecule has 2 N–H and O–H groups in total. The highest BCUT2D eigenvalue weighted by Gasteiger charge is 2.29. The first-order valence-electron chi connectivity index (χ1n) is 10.7. The Balaban J connectivity index is 1.49. The number of carbonyl (C=O) groups is 1. The maximum absolute atomic E-state index is 13.2. The van der Waals surface area contributed by atoms with Crippen molar-refractivity contribution in [1.82, 2.24) is 24.1 Å². The molecule has 9 heteroatoms. The second-order valence-electron chi connectivity index (χ2n) is 8.01. The van der Waals surface area contributed by atoms with Crippen molar-refractivity contribution in [1.29, 1.82) is 0 Å². The lowest BCUT2D eigenvalue weighted by atomic mass is 10.1. The van der Waals surface area contributed by atoms with Gasteiger partial charge < -0.3 is 15.3 Å². The number of amides is 1.